The molecule has 2 rings (SSSR count). The van der Waals surface area contributed by atoms with Crippen molar-refractivity contribution < 1.29 is 9.47 Å². The van der Waals surface area contributed by atoms with Crippen LogP contribution in [-0.4, -0.2) is 32.9 Å². The molecule has 3 nitrogen and oxygen atoms in total. The Morgan fingerprint density at radius 1 is 1.21 bits per heavy atom. The van der Waals surface area contributed by atoms with Gasteiger partial charge in [0, 0.05) is 13.2 Å². The van der Waals surface area contributed by atoms with Gasteiger partial charge in [0.25, 0.3) is 0 Å². The van der Waals surface area contributed by atoms with Gasteiger partial charge >= 0.3 is 0 Å². The lowest BCUT2D eigenvalue weighted by Crippen LogP contribution is -2.30. The highest BCUT2D eigenvalue weighted by Gasteiger charge is 2.12. The fraction of sp³-hybridized carbons (Fsp3) is 0.625. The molecule has 1 aliphatic rings. The summed E-state index contributed by atoms with van der Waals surface area (Å²) in [6, 6.07) is 9.06. The van der Waals surface area contributed by atoms with E-state index in [0.717, 1.165) is 18.7 Å². The van der Waals surface area contributed by atoms with E-state index in [1.807, 2.05) is 6.07 Å². The van der Waals surface area contributed by atoms with E-state index in [2.05, 4.69) is 23.5 Å². The molecule has 106 valence electrons. The molecule has 0 amide bonds. The minimum atomic E-state index is 0.613. The first-order valence-corrected chi connectivity index (χ1v) is 7.32. The van der Waals surface area contributed by atoms with Gasteiger partial charge in [-0.25, -0.2) is 0 Å². The summed E-state index contributed by atoms with van der Waals surface area (Å²) in [6.07, 6.45) is 6.41. The summed E-state index contributed by atoms with van der Waals surface area (Å²) in [6.45, 7) is 2.41. The molecule has 1 aromatic rings. The molecule has 0 saturated carbocycles. The molecule has 0 aromatic heterocycles. The molecule has 1 unspecified atom stereocenters. The number of benzene rings is 1. The van der Waals surface area contributed by atoms with Crippen molar-refractivity contribution in [2.24, 2.45) is 0 Å². The third kappa shape index (κ3) is 5.21. The van der Waals surface area contributed by atoms with E-state index >= 15 is 0 Å². The summed E-state index contributed by atoms with van der Waals surface area (Å²) in [5, 5.41) is 3.64. The average Bonchev–Trinajstić information content (AvgIpc) is 2.68. The van der Waals surface area contributed by atoms with Crippen LogP contribution in [0, 0.1) is 0 Å². The molecule has 3 heteroatoms. The van der Waals surface area contributed by atoms with E-state index in [9.17, 15) is 0 Å². The molecule has 1 saturated heterocycles. The van der Waals surface area contributed by atoms with Crippen LogP contribution in [-0.2, 0) is 11.2 Å². The van der Waals surface area contributed by atoms with E-state index in [0.29, 0.717) is 19.3 Å². The van der Waals surface area contributed by atoms with Crippen LogP contribution >= 0.6 is 0 Å². The number of hydrogen-bond donors (Lipinski definition) is 1. The molecule has 0 spiro atoms. The highest BCUT2D eigenvalue weighted by Crippen LogP contribution is 2.17. The lowest BCUT2D eigenvalue weighted by atomic mass is 10.0. The number of methoxy groups -OCH3 is 1. The maximum Gasteiger partial charge on any atom is 0.119 e. The summed E-state index contributed by atoms with van der Waals surface area (Å²) in [4.78, 5) is 0. The van der Waals surface area contributed by atoms with Gasteiger partial charge in [-0.1, -0.05) is 25.0 Å². The van der Waals surface area contributed by atoms with Gasteiger partial charge in [0.15, 0.2) is 0 Å². The Hall–Kier alpha value is -1.06. The Bertz CT molecular complexity index is 360. The monoisotopic (exact) mass is 263 g/mol. The molecule has 1 fully saturated rings. The Morgan fingerprint density at radius 3 is 3.05 bits per heavy atom. The highest BCUT2D eigenvalue weighted by molar-refractivity contribution is 5.29. The van der Waals surface area contributed by atoms with Gasteiger partial charge < -0.3 is 14.8 Å². The van der Waals surface area contributed by atoms with Gasteiger partial charge in [-0.3, -0.25) is 0 Å². The van der Waals surface area contributed by atoms with Crippen LogP contribution in [0.4, 0.5) is 0 Å². The molecule has 1 heterocycles. The summed E-state index contributed by atoms with van der Waals surface area (Å²) in [7, 11) is 1.69. The zero-order valence-electron chi connectivity index (χ0n) is 11.9. The maximum atomic E-state index is 5.66. The first-order chi connectivity index (χ1) is 9.38. The summed E-state index contributed by atoms with van der Waals surface area (Å²) in [5.41, 5.74) is 1.36. The second-order valence-electron chi connectivity index (χ2n) is 5.19. The molecule has 1 atom stereocenters. The van der Waals surface area contributed by atoms with Crippen molar-refractivity contribution in [3.05, 3.63) is 29.8 Å². The zero-order valence-corrected chi connectivity index (χ0v) is 11.9. The Labute approximate surface area is 116 Å². The smallest absolute Gasteiger partial charge is 0.119 e. The Morgan fingerprint density at radius 2 is 2.16 bits per heavy atom. The van der Waals surface area contributed by atoms with Gasteiger partial charge in [0.1, 0.15) is 12.4 Å². The van der Waals surface area contributed by atoms with E-state index in [1.54, 1.807) is 7.11 Å². The van der Waals surface area contributed by atoms with E-state index in [-0.39, 0.29) is 0 Å². The second kappa shape index (κ2) is 8.18. The zero-order chi connectivity index (χ0) is 13.3. The fourth-order valence-corrected chi connectivity index (χ4v) is 2.56. The first kappa shape index (κ1) is 14.4. The van der Waals surface area contributed by atoms with E-state index in [4.69, 9.17) is 9.47 Å². The van der Waals surface area contributed by atoms with Gasteiger partial charge in [0.05, 0.1) is 6.61 Å². The third-order valence-electron chi connectivity index (χ3n) is 3.60. The van der Waals surface area contributed by atoms with Gasteiger partial charge in [-0.15, -0.1) is 0 Å². The summed E-state index contributed by atoms with van der Waals surface area (Å²) >= 11 is 0. The van der Waals surface area contributed by atoms with Crippen molar-refractivity contribution in [3.63, 3.8) is 0 Å². The van der Waals surface area contributed by atoms with Gasteiger partial charge in [-0.2, -0.15) is 0 Å². The van der Waals surface area contributed by atoms with Crippen molar-refractivity contribution in [2.45, 2.75) is 38.1 Å². The minimum absolute atomic E-state index is 0.613. The molecule has 1 aliphatic heterocycles. The molecular formula is C16H25NO2. The maximum absolute atomic E-state index is 5.66. The number of nitrogens with one attached hydrogen (secondary N) is 1. The Balaban J connectivity index is 1.86. The van der Waals surface area contributed by atoms with Crippen LogP contribution in [0.25, 0.3) is 0 Å². The van der Waals surface area contributed by atoms with Crippen molar-refractivity contribution in [2.75, 3.05) is 26.9 Å². The SMILES string of the molecule is COCCOc1cccc(CC2CCCCCN2)c1. The Kier molecular flexibility index (Phi) is 6.18. The third-order valence-corrected chi connectivity index (χ3v) is 3.60. The van der Waals surface area contributed by atoms with E-state index < -0.39 is 0 Å². The quantitative estimate of drug-likeness (QED) is 0.801. The second-order valence-corrected chi connectivity index (χ2v) is 5.19. The molecule has 1 N–H and O–H groups in total. The standard InChI is InChI=1S/C16H25NO2/c1-18-10-11-19-16-8-5-6-14(13-16)12-15-7-3-2-4-9-17-15/h5-6,8,13,15,17H,2-4,7,9-12H2,1H3. The predicted octanol–water partition coefficient (Wildman–Crippen LogP) is 2.79. The van der Waals surface area contributed by atoms with Crippen molar-refractivity contribution in [3.8, 4) is 5.75 Å². The topological polar surface area (TPSA) is 30.5 Å². The predicted molar refractivity (Wildman–Crippen MR) is 77.8 cm³/mol. The van der Waals surface area contributed by atoms with Gasteiger partial charge in [-0.05, 0) is 43.5 Å². The van der Waals surface area contributed by atoms with Crippen molar-refractivity contribution in [1.29, 1.82) is 0 Å². The largest absolute Gasteiger partial charge is 0.491 e. The van der Waals surface area contributed by atoms with Crippen LogP contribution in [0.1, 0.15) is 31.2 Å². The molecule has 19 heavy (non-hydrogen) atoms. The van der Waals surface area contributed by atoms with Crippen LogP contribution in [0.3, 0.4) is 0 Å². The molecule has 0 bridgehead atoms. The van der Waals surface area contributed by atoms with Crippen molar-refractivity contribution >= 4 is 0 Å². The average molecular weight is 263 g/mol. The van der Waals surface area contributed by atoms with Crippen LogP contribution in [0.15, 0.2) is 24.3 Å². The lowest BCUT2D eigenvalue weighted by molar-refractivity contribution is 0.146. The van der Waals surface area contributed by atoms with Crippen LogP contribution in [0.2, 0.25) is 0 Å². The van der Waals surface area contributed by atoms with Crippen molar-refractivity contribution in [1.82, 2.24) is 5.32 Å². The van der Waals surface area contributed by atoms with E-state index in [1.165, 1.54) is 31.2 Å². The first-order valence-electron chi connectivity index (χ1n) is 7.32. The van der Waals surface area contributed by atoms with Crippen LogP contribution in [0.5, 0.6) is 5.75 Å². The number of rotatable bonds is 6. The minimum Gasteiger partial charge on any atom is -0.491 e. The fourth-order valence-electron chi connectivity index (χ4n) is 2.56. The molecular weight excluding hydrogens is 238 g/mol. The molecule has 0 radical (unpaired) electrons. The number of hydrogen-bond acceptors (Lipinski definition) is 3. The summed E-state index contributed by atoms with van der Waals surface area (Å²) in [5.74, 6) is 0.947. The number of ether oxygens (including phenoxy) is 2. The lowest BCUT2D eigenvalue weighted by Gasteiger charge is -2.16. The van der Waals surface area contributed by atoms with Gasteiger partial charge in [0.2, 0.25) is 0 Å². The molecule has 0 aliphatic carbocycles. The normalized spacial score (nSPS) is 19.9. The highest BCUT2D eigenvalue weighted by atomic mass is 16.5. The summed E-state index contributed by atoms with van der Waals surface area (Å²) < 4.78 is 10.6. The van der Waals surface area contributed by atoms with Crippen LogP contribution < -0.4 is 10.1 Å². The molecule has 1 aromatic carbocycles.